The topological polar surface area (TPSA) is 68.8 Å². The molecule has 72 valence electrons. The first kappa shape index (κ1) is 8.65. The van der Waals surface area contributed by atoms with Crippen LogP contribution in [0.4, 0.5) is 0 Å². The molecule has 13 heavy (non-hydrogen) atoms. The maximum Gasteiger partial charge on any atom is 0.0728 e. The summed E-state index contributed by atoms with van der Waals surface area (Å²) in [6.45, 7) is 1.90. The van der Waals surface area contributed by atoms with Gasteiger partial charge in [0.05, 0.1) is 11.9 Å². The van der Waals surface area contributed by atoms with Crippen LogP contribution < -0.4 is 11.1 Å². The lowest BCUT2D eigenvalue weighted by Gasteiger charge is -2.27. The summed E-state index contributed by atoms with van der Waals surface area (Å²) in [6, 6.07) is 0.258. The van der Waals surface area contributed by atoms with Crippen LogP contribution in [0.2, 0.25) is 0 Å². The molecule has 1 aliphatic rings. The van der Waals surface area contributed by atoms with Gasteiger partial charge in [0.15, 0.2) is 0 Å². The van der Waals surface area contributed by atoms with Crippen LogP contribution in [0.3, 0.4) is 0 Å². The molecule has 1 fully saturated rings. The van der Waals surface area contributed by atoms with Crippen molar-refractivity contribution in [2.24, 2.45) is 12.8 Å². The van der Waals surface area contributed by atoms with Gasteiger partial charge in [0.2, 0.25) is 0 Å². The first-order valence-electron chi connectivity index (χ1n) is 4.58. The van der Waals surface area contributed by atoms with Gasteiger partial charge in [0, 0.05) is 32.1 Å². The predicted molar refractivity (Wildman–Crippen MR) is 49.2 cm³/mol. The highest BCUT2D eigenvalue weighted by atomic mass is 15.4. The molecule has 3 N–H and O–H groups in total. The summed E-state index contributed by atoms with van der Waals surface area (Å²) in [4.78, 5) is 0. The van der Waals surface area contributed by atoms with Crippen molar-refractivity contribution >= 4 is 0 Å². The zero-order chi connectivity index (χ0) is 9.26. The van der Waals surface area contributed by atoms with E-state index in [4.69, 9.17) is 5.73 Å². The molecule has 2 unspecified atom stereocenters. The Hall–Kier alpha value is -0.940. The van der Waals surface area contributed by atoms with Crippen LogP contribution >= 0.6 is 0 Å². The number of nitrogens with one attached hydrogen (secondary N) is 1. The lowest BCUT2D eigenvalue weighted by Crippen LogP contribution is -2.43. The van der Waals surface area contributed by atoms with Crippen molar-refractivity contribution in [3.8, 4) is 0 Å². The summed E-state index contributed by atoms with van der Waals surface area (Å²) in [5, 5.41) is 11.1. The van der Waals surface area contributed by atoms with Gasteiger partial charge in [-0.3, -0.25) is 4.68 Å². The second-order valence-corrected chi connectivity index (χ2v) is 3.63. The van der Waals surface area contributed by atoms with Crippen molar-refractivity contribution < 1.29 is 0 Å². The number of hydrogen-bond donors (Lipinski definition) is 2. The van der Waals surface area contributed by atoms with E-state index in [0.29, 0.717) is 5.92 Å². The maximum absolute atomic E-state index is 5.87. The zero-order valence-electron chi connectivity index (χ0n) is 7.77. The van der Waals surface area contributed by atoms with E-state index in [2.05, 4.69) is 15.6 Å². The molecule has 5 heteroatoms. The van der Waals surface area contributed by atoms with Crippen molar-refractivity contribution in [3.05, 3.63) is 11.9 Å². The highest BCUT2D eigenvalue weighted by Gasteiger charge is 2.22. The van der Waals surface area contributed by atoms with Crippen molar-refractivity contribution in [3.63, 3.8) is 0 Å². The van der Waals surface area contributed by atoms with Crippen molar-refractivity contribution in [2.75, 3.05) is 13.1 Å². The highest BCUT2D eigenvalue weighted by Crippen LogP contribution is 2.20. The Balaban J connectivity index is 2.12. The molecule has 0 amide bonds. The Morgan fingerprint density at radius 2 is 2.46 bits per heavy atom. The highest BCUT2D eigenvalue weighted by molar-refractivity contribution is 5.06. The first-order chi connectivity index (χ1) is 6.27. The molecule has 0 spiro atoms. The second-order valence-electron chi connectivity index (χ2n) is 3.63. The van der Waals surface area contributed by atoms with E-state index >= 15 is 0 Å². The lowest BCUT2D eigenvalue weighted by atomic mass is 9.94. The quantitative estimate of drug-likeness (QED) is 0.596. The third-order valence-electron chi connectivity index (χ3n) is 2.55. The fourth-order valence-corrected chi connectivity index (χ4v) is 1.87. The average Bonchev–Trinajstić information content (AvgIpc) is 2.51. The van der Waals surface area contributed by atoms with Gasteiger partial charge in [0.25, 0.3) is 0 Å². The summed E-state index contributed by atoms with van der Waals surface area (Å²) in [7, 11) is 1.92. The van der Waals surface area contributed by atoms with Crippen molar-refractivity contribution in [1.82, 2.24) is 20.3 Å². The van der Waals surface area contributed by atoms with Crippen molar-refractivity contribution in [1.29, 1.82) is 0 Å². The second kappa shape index (κ2) is 3.43. The minimum Gasteiger partial charge on any atom is -0.327 e. The maximum atomic E-state index is 5.87. The van der Waals surface area contributed by atoms with Gasteiger partial charge >= 0.3 is 0 Å². The largest absolute Gasteiger partial charge is 0.327 e. The Kier molecular flexibility index (Phi) is 2.28. The fourth-order valence-electron chi connectivity index (χ4n) is 1.87. The van der Waals surface area contributed by atoms with Gasteiger partial charge < -0.3 is 11.1 Å². The smallest absolute Gasteiger partial charge is 0.0728 e. The molecule has 0 aliphatic carbocycles. The number of aryl methyl sites for hydroxylation is 1. The molecule has 1 aromatic heterocycles. The fraction of sp³-hybridized carbons (Fsp3) is 0.750. The van der Waals surface area contributed by atoms with Crippen LogP contribution in [0, 0.1) is 0 Å². The van der Waals surface area contributed by atoms with Gasteiger partial charge in [-0.15, -0.1) is 5.10 Å². The van der Waals surface area contributed by atoms with Crippen LogP contribution in [-0.4, -0.2) is 34.1 Å². The molecular weight excluding hydrogens is 166 g/mol. The minimum absolute atomic E-state index is 0.258. The molecule has 0 aromatic carbocycles. The molecular formula is C8H15N5. The van der Waals surface area contributed by atoms with Gasteiger partial charge in [-0.05, 0) is 6.42 Å². The van der Waals surface area contributed by atoms with E-state index < -0.39 is 0 Å². The molecule has 5 nitrogen and oxygen atoms in total. The molecule has 2 rings (SSSR count). The van der Waals surface area contributed by atoms with Crippen LogP contribution in [-0.2, 0) is 7.05 Å². The summed E-state index contributed by atoms with van der Waals surface area (Å²) in [5.74, 6) is 0.462. The standard InChI is InChI=1S/C8H15N5/c1-13-8(5-11-12-13)6-2-7(9)4-10-3-6/h5-7,10H,2-4,9H2,1H3. The zero-order valence-corrected chi connectivity index (χ0v) is 7.77. The van der Waals surface area contributed by atoms with Crippen LogP contribution in [0.1, 0.15) is 18.0 Å². The summed E-state index contributed by atoms with van der Waals surface area (Å²) >= 11 is 0. The molecule has 1 saturated heterocycles. The van der Waals surface area contributed by atoms with Crippen LogP contribution in [0.15, 0.2) is 6.20 Å². The van der Waals surface area contributed by atoms with Gasteiger partial charge in [0.1, 0.15) is 0 Å². The Morgan fingerprint density at radius 3 is 3.08 bits per heavy atom. The normalized spacial score (nSPS) is 29.1. The number of nitrogens with two attached hydrogens (primary N) is 1. The summed E-state index contributed by atoms with van der Waals surface area (Å²) in [6.07, 6.45) is 2.85. The molecule has 2 atom stereocenters. The number of rotatable bonds is 1. The first-order valence-corrected chi connectivity index (χ1v) is 4.58. The van der Waals surface area contributed by atoms with E-state index in [1.807, 2.05) is 17.9 Å². The monoisotopic (exact) mass is 181 g/mol. The number of piperidine rings is 1. The average molecular weight is 181 g/mol. The van der Waals surface area contributed by atoms with E-state index in [1.165, 1.54) is 5.69 Å². The molecule has 0 radical (unpaired) electrons. The van der Waals surface area contributed by atoms with E-state index in [9.17, 15) is 0 Å². The number of nitrogens with zero attached hydrogens (tertiary/aromatic N) is 3. The Labute approximate surface area is 77.3 Å². The molecule has 0 saturated carbocycles. The SMILES string of the molecule is Cn1nncc1C1CNCC(N)C1. The number of hydrogen-bond acceptors (Lipinski definition) is 4. The van der Waals surface area contributed by atoms with Crippen LogP contribution in [0.5, 0.6) is 0 Å². The summed E-state index contributed by atoms with van der Waals surface area (Å²) in [5.41, 5.74) is 7.04. The van der Waals surface area contributed by atoms with E-state index in [0.717, 1.165) is 19.5 Å². The Morgan fingerprint density at radius 1 is 1.62 bits per heavy atom. The van der Waals surface area contributed by atoms with E-state index in [1.54, 1.807) is 0 Å². The lowest BCUT2D eigenvalue weighted by molar-refractivity contribution is 0.397. The van der Waals surface area contributed by atoms with Crippen LogP contribution in [0.25, 0.3) is 0 Å². The molecule has 1 aliphatic heterocycles. The Bertz CT molecular complexity index is 282. The minimum atomic E-state index is 0.258. The van der Waals surface area contributed by atoms with Gasteiger partial charge in [-0.1, -0.05) is 5.21 Å². The molecule has 2 heterocycles. The van der Waals surface area contributed by atoms with E-state index in [-0.39, 0.29) is 6.04 Å². The summed E-state index contributed by atoms with van der Waals surface area (Å²) < 4.78 is 1.82. The third kappa shape index (κ3) is 1.71. The number of aromatic nitrogens is 3. The van der Waals surface area contributed by atoms with Gasteiger partial charge in [-0.25, -0.2) is 0 Å². The molecule has 1 aromatic rings. The van der Waals surface area contributed by atoms with Gasteiger partial charge in [-0.2, -0.15) is 0 Å². The third-order valence-corrected chi connectivity index (χ3v) is 2.55. The molecule has 0 bridgehead atoms. The van der Waals surface area contributed by atoms with Crippen molar-refractivity contribution in [2.45, 2.75) is 18.4 Å². The predicted octanol–water partition coefficient (Wildman–Crippen LogP) is -0.781.